The van der Waals surface area contributed by atoms with Crippen LogP contribution in [0.4, 0.5) is 17.5 Å². The van der Waals surface area contributed by atoms with E-state index in [1.165, 1.54) is 0 Å². The Kier molecular flexibility index (Phi) is 7.78. The summed E-state index contributed by atoms with van der Waals surface area (Å²) in [5.74, 6) is 2.04. The molecule has 1 N–H and O–H groups in total. The normalized spacial score (nSPS) is 13.7. The second-order valence-corrected chi connectivity index (χ2v) is 9.41. The highest BCUT2D eigenvalue weighted by molar-refractivity contribution is 5.74. The maximum Gasteiger partial charge on any atom is 0.224 e. The molecule has 2 aromatic heterocycles. The molecule has 1 amide bonds. The summed E-state index contributed by atoms with van der Waals surface area (Å²) in [6.07, 6.45) is 5.31. The van der Waals surface area contributed by atoms with Crippen molar-refractivity contribution in [3.8, 4) is 17.0 Å². The van der Waals surface area contributed by atoms with Crippen molar-refractivity contribution in [2.24, 2.45) is 0 Å². The van der Waals surface area contributed by atoms with E-state index in [-0.39, 0.29) is 11.9 Å². The van der Waals surface area contributed by atoms with Crippen LogP contribution in [-0.2, 0) is 11.4 Å². The average molecular weight is 509 g/mol. The van der Waals surface area contributed by atoms with E-state index in [2.05, 4.69) is 28.5 Å². The van der Waals surface area contributed by atoms with Crippen molar-refractivity contribution in [3.05, 3.63) is 90.8 Å². The maximum absolute atomic E-state index is 11.6. The zero-order valence-corrected chi connectivity index (χ0v) is 21.7. The number of hydrogen-bond acceptors (Lipinski definition) is 7. The average Bonchev–Trinajstić information content (AvgIpc) is 2.97. The first-order valence-electron chi connectivity index (χ1n) is 12.9. The predicted octanol–water partition coefficient (Wildman–Crippen LogP) is 5.31. The van der Waals surface area contributed by atoms with E-state index in [1.54, 1.807) is 19.3 Å². The van der Waals surface area contributed by atoms with Crippen molar-refractivity contribution >= 4 is 23.4 Å². The molecular formula is C30H32N6O2. The van der Waals surface area contributed by atoms with Gasteiger partial charge in [0.25, 0.3) is 0 Å². The van der Waals surface area contributed by atoms with Gasteiger partial charge in [0.1, 0.15) is 12.4 Å². The second kappa shape index (κ2) is 11.7. The summed E-state index contributed by atoms with van der Waals surface area (Å²) in [5.41, 5.74) is 3.91. The standard InChI is InChI=1S/C30H32N6O2/c1-22(37)36-17-14-25(15-18-36)33-30-31-16-13-28(34-30)35(2)26-19-27(24-11-7-4-8-12-24)29(32-20-26)38-21-23-9-5-3-6-10-23/h3-13,16,19-20,25H,14-15,17-18,21H2,1-2H3,(H,31,33,34). The van der Waals surface area contributed by atoms with Gasteiger partial charge in [0, 0.05) is 44.9 Å². The molecule has 1 fully saturated rings. The highest BCUT2D eigenvalue weighted by Crippen LogP contribution is 2.34. The summed E-state index contributed by atoms with van der Waals surface area (Å²) in [5, 5.41) is 3.44. The van der Waals surface area contributed by atoms with Crippen LogP contribution in [-0.4, -0.2) is 51.9 Å². The van der Waals surface area contributed by atoms with Crippen molar-refractivity contribution < 1.29 is 9.53 Å². The Morgan fingerprint density at radius 1 is 1.03 bits per heavy atom. The second-order valence-electron chi connectivity index (χ2n) is 9.41. The molecule has 0 bridgehead atoms. The van der Waals surface area contributed by atoms with Gasteiger partial charge in [0.2, 0.25) is 17.7 Å². The van der Waals surface area contributed by atoms with E-state index in [4.69, 9.17) is 14.7 Å². The topological polar surface area (TPSA) is 83.5 Å². The number of benzene rings is 2. The first-order chi connectivity index (χ1) is 18.6. The molecule has 5 rings (SSSR count). The number of hydrogen-bond donors (Lipinski definition) is 1. The molecule has 0 aliphatic carbocycles. The van der Waals surface area contributed by atoms with E-state index in [9.17, 15) is 4.79 Å². The molecule has 0 radical (unpaired) electrons. The third kappa shape index (κ3) is 6.08. The summed E-state index contributed by atoms with van der Waals surface area (Å²) >= 11 is 0. The molecule has 0 atom stereocenters. The van der Waals surface area contributed by atoms with Gasteiger partial charge >= 0.3 is 0 Å². The third-order valence-corrected chi connectivity index (χ3v) is 6.79. The van der Waals surface area contributed by atoms with Crippen molar-refractivity contribution in [2.45, 2.75) is 32.4 Å². The lowest BCUT2D eigenvalue weighted by atomic mass is 10.1. The van der Waals surface area contributed by atoms with Crippen LogP contribution in [0.3, 0.4) is 0 Å². The fraction of sp³-hybridized carbons (Fsp3) is 0.267. The number of aromatic nitrogens is 3. The van der Waals surface area contributed by atoms with Gasteiger partial charge in [-0.15, -0.1) is 0 Å². The number of amides is 1. The molecule has 194 valence electrons. The number of nitrogens with one attached hydrogen (secondary N) is 1. The monoisotopic (exact) mass is 508 g/mol. The van der Waals surface area contributed by atoms with E-state index in [1.807, 2.05) is 71.4 Å². The van der Waals surface area contributed by atoms with Crippen LogP contribution < -0.4 is 15.0 Å². The minimum Gasteiger partial charge on any atom is -0.472 e. The lowest BCUT2D eigenvalue weighted by Crippen LogP contribution is -2.41. The molecule has 0 saturated carbocycles. The van der Waals surface area contributed by atoms with Gasteiger partial charge in [-0.2, -0.15) is 4.98 Å². The molecule has 8 nitrogen and oxygen atoms in total. The molecular weight excluding hydrogens is 476 g/mol. The van der Waals surface area contributed by atoms with Crippen LogP contribution >= 0.6 is 0 Å². The van der Waals surface area contributed by atoms with Crippen LogP contribution in [0, 0.1) is 0 Å². The number of anilines is 3. The fourth-order valence-corrected chi connectivity index (χ4v) is 4.55. The largest absolute Gasteiger partial charge is 0.472 e. The van der Waals surface area contributed by atoms with Gasteiger partial charge in [0.05, 0.1) is 11.9 Å². The zero-order chi connectivity index (χ0) is 26.3. The number of likely N-dealkylation sites (tertiary alicyclic amines) is 1. The molecule has 8 heteroatoms. The Morgan fingerprint density at radius 2 is 1.74 bits per heavy atom. The molecule has 3 heterocycles. The molecule has 2 aromatic carbocycles. The van der Waals surface area contributed by atoms with Gasteiger partial charge in [-0.1, -0.05) is 60.7 Å². The summed E-state index contributed by atoms with van der Waals surface area (Å²) < 4.78 is 6.15. The Labute approximate surface area is 223 Å². The van der Waals surface area contributed by atoms with Crippen LogP contribution in [0.2, 0.25) is 0 Å². The number of rotatable bonds is 8. The maximum atomic E-state index is 11.6. The highest BCUT2D eigenvalue weighted by atomic mass is 16.5. The molecule has 1 aliphatic heterocycles. The Morgan fingerprint density at radius 3 is 2.45 bits per heavy atom. The number of piperidine rings is 1. The van der Waals surface area contributed by atoms with Crippen molar-refractivity contribution in [3.63, 3.8) is 0 Å². The number of nitrogens with zero attached hydrogens (tertiary/aromatic N) is 5. The molecule has 0 unspecified atom stereocenters. The van der Waals surface area contributed by atoms with Gasteiger partial charge in [-0.05, 0) is 36.1 Å². The van der Waals surface area contributed by atoms with Crippen LogP contribution in [0.1, 0.15) is 25.3 Å². The lowest BCUT2D eigenvalue weighted by Gasteiger charge is -2.31. The summed E-state index contributed by atoms with van der Waals surface area (Å²) in [6, 6.07) is 24.4. The molecule has 38 heavy (non-hydrogen) atoms. The summed E-state index contributed by atoms with van der Waals surface area (Å²) in [4.78, 5) is 29.4. The van der Waals surface area contributed by atoms with Crippen molar-refractivity contribution in [1.82, 2.24) is 19.9 Å². The molecule has 1 aliphatic rings. The van der Waals surface area contributed by atoms with E-state index in [0.29, 0.717) is 18.4 Å². The molecule has 1 saturated heterocycles. The van der Waals surface area contributed by atoms with E-state index in [0.717, 1.165) is 54.1 Å². The highest BCUT2D eigenvalue weighted by Gasteiger charge is 2.21. The number of carbonyl (C=O) groups is 1. The van der Waals surface area contributed by atoms with Crippen molar-refractivity contribution in [1.29, 1.82) is 0 Å². The van der Waals surface area contributed by atoms with E-state index >= 15 is 0 Å². The van der Waals surface area contributed by atoms with Gasteiger partial charge < -0.3 is 19.9 Å². The fourth-order valence-electron chi connectivity index (χ4n) is 4.55. The van der Waals surface area contributed by atoms with Gasteiger partial charge in [0.15, 0.2) is 0 Å². The Hall–Kier alpha value is -4.46. The minimum atomic E-state index is 0.128. The minimum absolute atomic E-state index is 0.128. The summed E-state index contributed by atoms with van der Waals surface area (Å²) in [7, 11) is 1.97. The Bertz CT molecular complexity index is 1360. The summed E-state index contributed by atoms with van der Waals surface area (Å²) in [6.45, 7) is 3.56. The SMILES string of the molecule is CC(=O)N1CCC(Nc2nccc(N(C)c3cnc(OCc4ccccc4)c(-c4ccccc4)c3)n2)CC1. The van der Waals surface area contributed by atoms with Crippen LogP contribution in [0.25, 0.3) is 11.1 Å². The Balaban J connectivity index is 1.34. The first kappa shape index (κ1) is 25.2. The number of pyridine rings is 1. The quantitative estimate of drug-likeness (QED) is 0.345. The van der Waals surface area contributed by atoms with Crippen LogP contribution in [0.5, 0.6) is 5.88 Å². The third-order valence-electron chi connectivity index (χ3n) is 6.79. The smallest absolute Gasteiger partial charge is 0.224 e. The molecule has 4 aromatic rings. The molecule has 0 spiro atoms. The van der Waals surface area contributed by atoms with E-state index < -0.39 is 0 Å². The van der Waals surface area contributed by atoms with Crippen LogP contribution in [0.15, 0.2) is 85.2 Å². The van der Waals surface area contributed by atoms with Gasteiger partial charge in [-0.3, -0.25) is 4.79 Å². The van der Waals surface area contributed by atoms with Crippen molar-refractivity contribution in [2.75, 3.05) is 30.4 Å². The van der Waals surface area contributed by atoms with Gasteiger partial charge in [-0.25, -0.2) is 9.97 Å². The first-order valence-corrected chi connectivity index (χ1v) is 12.9. The lowest BCUT2D eigenvalue weighted by molar-refractivity contribution is -0.129. The predicted molar refractivity (Wildman–Crippen MR) is 149 cm³/mol. The number of ether oxygens (including phenoxy) is 1. The number of carbonyl (C=O) groups excluding carboxylic acids is 1. The zero-order valence-electron chi connectivity index (χ0n) is 21.7.